The van der Waals surface area contributed by atoms with Crippen molar-refractivity contribution < 1.29 is 18.7 Å². The summed E-state index contributed by atoms with van der Waals surface area (Å²) >= 11 is 10.6. The van der Waals surface area contributed by atoms with Crippen molar-refractivity contribution in [3.8, 4) is 0 Å². The van der Waals surface area contributed by atoms with Crippen molar-refractivity contribution in [3.05, 3.63) is 42.7 Å². The average molecular weight is 479 g/mol. The van der Waals surface area contributed by atoms with Crippen LogP contribution in [0.5, 0.6) is 0 Å². The zero-order valence-corrected chi connectivity index (χ0v) is 19.3. The molecule has 9 nitrogen and oxygen atoms in total. The average Bonchev–Trinajstić information content (AvgIpc) is 3.48. The van der Waals surface area contributed by atoms with Gasteiger partial charge in [0.25, 0.3) is 5.17 Å². The summed E-state index contributed by atoms with van der Waals surface area (Å²) in [4.78, 5) is 23.3. The molecule has 170 valence electrons. The third kappa shape index (κ3) is 4.32. The molecule has 3 heterocycles. The molecule has 2 aliphatic rings. The second kappa shape index (κ2) is 9.25. The Labute approximate surface area is 195 Å². The maximum Gasteiger partial charge on any atom is 0.416 e. The van der Waals surface area contributed by atoms with E-state index < -0.39 is 18.1 Å². The van der Waals surface area contributed by atoms with E-state index in [0.717, 1.165) is 0 Å². The molecule has 2 saturated heterocycles. The number of nitrogens with zero attached hydrogens (tertiary/aromatic N) is 6. The quantitative estimate of drug-likeness (QED) is 0.617. The summed E-state index contributed by atoms with van der Waals surface area (Å²) in [5.74, 6) is -0.398. The number of carbonyl (C=O) groups excluding carboxylic acids is 1. The van der Waals surface area contributed by atoms with Crippen molar-refractivity contribution >= 4 is 52.2 Å². The number of cyclic esters (lactones) is 1. The lowest BCUT2D eigenvalue weighted by atomic mass is 10.2. The van der Waals surface area contributed by atoms with Gasteiger partial charge in [-0.3, -0.25) is 14.4 Å². The van der Waals surface area contributed by atoms with Crippen molar-refractivity contribution in [1.82, 2.24) is 19.4 Å². The van der Waals surface area contributed by atoms with Crippen LogP contribution >= 0.6 is 24.4 Å². The molecule has 0 aliphatic carbocycles. The summed E-state index contributed by atoms with van der Waals surface area (Å²) in [5.41, 5.74) is 0.916. The fraction of sp³-hybridized carbons (Fsp3) is 0.400. The lowest BCUT2D eigenvalue weighted by Crippen LogP contribution is -2.50. The molecule has 1 atom stereocenters. The molecule has 0 radical (unpaired) electrons. The van der Waals surface area contributed by atoms with E-state index in [1.165, 1.54) is 18.1 Å². The number of likely N-dealkylation sites (N-methyl/N-ethyl adjacent to an activating group) is 1. The molecule has 0 unspecified atom stereocenters. The van der Waals surface area contributed by atoms with E-state index in [1.807, 2.05) is 11.1 Å². The van der Waals surface area contributed by atoms with Gasteiger partial charge < -0.3 is 19.3 Å². The van der Waals surface area contributed by atoms with E-state index in [-0.39, 0.29) is 11.7 Å². The molecular formula is C20H23FN6O3S2. The monoisotopic (exact) mass is 478 g/mol. The molecule has 2 aromatic rings. The molecule has 1 amide bonds. The van der Waals surface area contributed by atoms with E-state index in [2.05, 4.69) is 9.88 Å². The minimum atomic E-state index is -0.606. The largest absolute Gasteiger partial charge is 0.474 e. The summed E-state index contributed by atoms with van der Waals surface area (Å²) in [6.07, 6.45) is 3.99. The van der Waals surface area contributed by atoms with Gasteiger partial charge in [-0.25, -0.2) is 14.2 Å². The summed E-state index contributed by atoms with van der Waals surface area (Å²) in [5, 5.41) is 0.885. The van der Waals surface area contributed by atoms with Gasteiger partial charge in [0.1, 0.15) is 12.1 Å². The molecule has 0 spiro atoms. The standard InChI is InChI=1S/C20H23FN6O3S2/c1-23(20(32)29-2)17-12-27(19(28)30-17)14-3-4-16(15(21)11-14)24-7-9-25(10-8-24)18(31)26-6-5-22-13-26/h3-6,11,13,17H,7-10,12H2,1-2H3/t17-/m0/s1. The number of halogens is 1. The van der Waals surface area contributed by atoms with Gasteiger partial charge in [0.05, 0.1) is 25.0 Å². The molecule has 2 fully saturated rings. The van der Waals surface area contributed by atoms with E-state index in [4.69, 9.17) is 33.9 Å². The molecule has 0 N–H and O–H groups in total. The van der Waals surface area contributed by atoms with Gasteiger partial charge in [-0.1, -0.05) is 0 Å². The number of hydrogen-bond donors (Lipinski definition) is 0. The number of carbonyl (C=O) groups is 1. The Balaban J connectivity index is 1.40. The third-order valence-electron chi connectivity index (χ3n) is 5.55. The number of ether oxygens (including phenoxy) is 2. The number of thiocarbonyl (C=S) groups is 2. The second-order valence-corrected chi connectivity index (χ2v) is 8.11. The normalized spacial score (nSPS) is 18.5. The van der Waals surface area contributed by atoms with Crippen LogP contribution in [0, 0.1) is 5.82 Å². The number of anilines is 2. The fourth-order valence-electron chi connectivity index (χ4n) is 3.72. The zero-order chi connectivity index (χ0) is 22.8. The summed E-state index contributed by atoms with van der Waals surface area (Å²) < 4.78 is 27.2. The fourth-order valence-corrected chi connectivity index (χ4v) is 4.12. The van der Waals surface area contributed by atoms with Gasteiger partial charge in [0, 0.05) is 45.6 Å². The number of methoxy groups -OCH3 is 1. The topological polar surface area (TPSA) is 66.3 Å². The Morgan fingerprint density at radius 3 is 2.66 bits per heavy atom. The van der Waals surface area contributed by atoms with Gasteiger partial charge in [0.15, 0.2) is 11.3 Å². The zero-order valence-electron chi connectivity index (χ0n) is 17.7. The Hall–Kier alpha value is -2.99. The first kappa shape index (κ1) is 22.2. The van der Waals surface area contributed by atoms with Crippen LogP contribution in [0.1, 0.15) is 0 Å². The SMILES string of the molecule is COC(=S)N(C)[C@@H]1CN(c2ccc(N3CCN(C(=S)n4ccnc4)CC3)c(F)c2)C(=O)O1. The van der Waals surface area contributed by atoms with Crippen molar-refractivity contribution in [1.29, 1.82) is 0 Å². The number of rotatable bonds is 3. The van der Waals surface area contributed by atoms with E-state index in [9.17, 15) is 4.79 Å². The van der Waals surface area contributed by atoms with Gasteiger partial charge >= 0.3 is 6.09 Å². The molecule has 1 aromatic carbocycles. The molecular weight excluding hydrogens is 455 g/mol. The Morgan fingerprint density at radius 2 is 2.03 bits per heavy atom. The Kier molecular flexibility index (Phi) is 6.42. The lowest BCUT2D eigenvalue weighted by molar-refractivity contribution is 0.0678. The highest BCUT2D eigenvalue weighted by Gasteiger charge is 2.36. The van der Waals surface area contributed by atoms with Crippen molar-refractivity contribution in [2.24, 2.45) is 0 Å². The van der Waals surface area contributed by atoms with Crippen LogP contribution in [-0.2, 0) is 9.47 Å². The summed E-state index contributed by atoms with van der Waals surface area (Å²) in [6, 6.07) is 4.77. The maximum atomic E-state index is 15.0. The number of piperazine rings is 1. The highest BCUT2D eigenvalue weighted by atomic mass is 32.1. The highest BCUT2D eigenvalue weighted by Crippen LogP contribution is 2.29. The van der Waals surface area contributed by atoms with Crippen LogP contribution in [0.4, 0.5) is 20.6 Å². The minimum Gasteiger partial charge on any atom is -0.474 e. The van der Waals surface area contributed by atoms with E-state index in [1.54, 1.807) is 41.2 Å². The number of hydrogen-bond acceptors (Lipinski definition) is 7. The summed E-state index contributed by atoms with van der Waals surface area (Å²) in [7, 11) is 3.13. The molecule has 1 aromatic heterocycles. The number of amides is 1. The minimum absolute atomic E-state index is 0.206. The van der Waals surface area contributed by atoms with Gasteiger partial charge in [-0.05, 0) is 42.6 Å². The summed E-state index contributed by atoms with van der Waals surface area (Å²) in [6.45, 7) is 2.80. The smallest absolute Gasteiger partial charge is 0.416 e. The van der Waals surface area contributed by atoms with E-state index >= 15 is 4.39 Å². The van der Waals surface area contributed by atoms with Gasteiger partial charge in [-0.2, -0.15) is 0 Å². The number of aromatic nitrogens is 2. The first-order valence-corrected chi connectivity index (χ1v) is 10.8. The predicted molar refractivity (Wildman–Crippen MR) is 125 cm³/mol. The maximum absolute atomic E-state index is 15.0. The molecule has 2 aliphatic heterocycles. The number of benzene rings is 1. The second-order valence-electron chi connectivity index (χ2n) is 7.39. The van der Waals surface area contributed by atoms with E-state index in [0.29, 0.717) is 42.7 Å². The van der Waals surface area contributed by atoms with Crippen LogP contribution in [-0.4, -0.2) is 88.8 Å². The van der Waals surface area contributed by atoms with Crippen molar-refractivity contribution in [2.75, 3.05) is 56.7 Å². The first-order valence-electron chi connectivity index (χ1n) is 9.99. The molecule has 0 saturated carbocycles. The molecule has 0 bridgehead atoms. The first-order chi connectivity index (χ1) is 15.4. The third-order valence-corrected chi connectivity index (χ3v) is 6.47. The van der Waals surface area contributed by atoms with Crippen molar-refractivity contribution in [2.45, 2.75) is 6.23 Å². The molecule has 12 heteroatoms. The van der Waals surface area contributed by atoms with Crippen LogP contribution in [0.25, 0.3) is 0 Å². The Bertz CT molecular complexity index is 1010. The van der Waals surface area contributed by atoms with Gasteiger partial charge in [0.2, 0.25) is 0 Å². The van der Waals surface area contributed by atoms with Crippen LogP contribution in [0.3, 0.4) is 0 Å². The van der Waals surface area contributed by atoms with Crippen LogP contribution in [0.15, 0.2) is 36.9 Å². The molecule has 32 heavy (non-hydrogen) atoms. The van der Waals surface area contributed by atoms with Crippen LogP contribution < -0.4 is 9.80 Å². The highest BCUT2D eigenvalue weighted by molar-refractivity contribution is 7.80. The van der Waals surface area contributed by atoms with Crippen molar-refractivity contribution in [3.63, 3.8) is 0 Å². The Morgan fingerprint density at radius 1 is 1.28 bits per heavy atom. The number of imidazole rings is 1. The lowest BCUT2D eigenvalue weighted by Gasteiger charge is -2.37. The van der Waals surface area contributed by atoms with Gasteiger partial charge in [-0.15, -0.1) is 0 Å². The predicted octanol–water partition coefficient (Wildman–Crippen LogP) is 2.12. The molecule has 4 rings (SSSR count). The van der Waals surface area contributed by atoms with Crippen LogP contribution in [0.2, 0.25) is 0 Å².